The van der Waals surface area contributed by atoms with Crippen molar-refractivity contribution < 1.29 is 17.9 Å². The Morgan fingerprint density at radius 2 is 1.22 bits per heavy atom. The Morgan fingerprint density at radius 1 is 0.703 bits per heavy atom. The van der Waals surface area contributed by atoms with E-state index in [-0.39, 0.29) is 29.3 Å². The van der Waals surface area contributed by atoms with Gasteiger partial charge >= 0.3 is 0 Å². The van der Waals surface area contributed by atoms with Crippen molar-refractivity contribution in [3.8, 4) is 0 Å². The first-order valence-electron chi connectivity index (χ1n) is 12.4. The van der Waals surface area contributed by atoms with E-state index in [1.807, 2.05) is 17.0 Å². The van der Waals surface area contributed by atoms with E-state index in [1.165, 1.54) is 27.6 Å². The van der Waals surface area contributed by atoms with E-state index < -0.39 is 10.0 Å². The maximum atomic E-state index is 13.2. The molecule has 0 aliphatic carbocycles. The van der Waals surface area contributed by atoms with Crippen LogP contribution in [0.5, 0.6) is 0 Å². The lowest BCUT2D eigenvalue weighted by atomic mass is 9.96. The van der Waals surface area contributed by atoms with E-state index in [0.29, 0.717) is 45.0 Å². The second-order valence-electron chi connectivity index (χ2n) is 9.09. The van der Waals surface area contributed by atoms with Crippen LogP contribution in [0.1, 0.15) is 27.5 Å². The summed E-state index contributed by atoms with van der Waals surface area (Å²) >= 11 is 0. The predicted molar refractivity (Wildman–Crippen MR) is 145 cm³/mol. The molecule has 0 spiro atoms. The summed E-state index contributed by atoms with van der Waals surface area (Å²) in [5.74, 6) is -0.0686. The number of piperazine rings is 1. The molecule has 3 aromatic carbocycles. The Hall–Kier alpha value is -2.75. The largest absolute Gasteiger partial charge is 0.379 e. The Kier molecular flexibility index (Phi) is 9.00. The minimum atomic E-state index is -3.58. The Bertz CT molecular complexity index is 1220. The average Bonchev–Trinajstić information content (AvgIpc) is 2.95. The van der Waals surface area contributed by atoms with Gasteiger partial charge in [-0.1, -0.05) is 60.7 Å². The van der Waals surface area contributed by atoms with Gasteiger partial charge in [-0.3, -0.25) is 9.69 Å². The molecule has 2 saturated heterocycles. The fourth-order valence-corrected chi connectivity index (χ4v) is 6.36. The van der Waals surface area contributed by atoms with Crippen LogP contribution in [0, 0.1) is 0 Å². The molecule has 37 heavy (non-hydrogen) atoms. The van der Waals surface area contributed by atoms with Gasteiger partial charge in [0.15, 0.2) is 0 Å². The Morgan fingerprint density at radius 3 is 1.73 bits per heavy atom. The zero-order valence-corrected chi connectivity index (χ0v) is 22.2. The molecule has 9 heteroatoms. The van der Waals surface area contributed by atoms with Crippen molar-refractivity contribution in [1.29, 1.82) is 0 Å². The third kappa shape index (κ3) is 6.05. The fraction of sp³-hybridized carbons (Fsp3) is 0.321. The summed E-state index contributed by atoms with van der Waals surface area (Å²) in [7, 11) is -3.58. The molecule has 2 aliphatic heterocycles. The minimum Gasteiger partial charge on any atom is -0.379 e. The summed E-state index contributed by atoms with van der Waals surface area (Å²) in [6, 6.07) is 27.4. The first-order valence-corrected chi connectivity index (χ1v) is 13.8. The number of hydrogen-bond acceptors (Lipinski definition) is 5. The average molecular weight is 542 g/mol. The molecule has 7 nitrogen and oxygen atoms in total. The number of ether oxygens (including phenoxy) is 1. The summed E-state index contributed by atoms with van der Waals surface area (Å²) in [4.78, 5) is 17.7. The highest BCUT2D eigenvalue weighted by molar-refractivity contribution is 7.89. The van der Waals surface area contributed by atoms with E-state index in [2.05, 4.69) is 53.4 Å². The molecule has 2 heterocycles. The normalized spacial score (nSPS) is 17.4. The quantitative estimate of drug-likeness (QED) is 0.476. The molecule has 5 rings (SSSR count). The van der Waals surface area contributed by atoms with Gasteiger partial charge in [0.05, 0.1) is 24.2 Å². The van der Waals surface area contributed by atoms with Gasteiger partial charge in [0, 0.05) is 44.8 Å². The number of morpholine rings is 1. The summed E-state index contributed by atoms with van der Waals surface area (Å²) in [6.07, 6.45) is 0. The maximum absolute atomic E-state index is 13.2. The second kappa shape index (κ2) is 12.2. The van der Waals surface area contributed by atoms with Gasteiger partial charge in [0.25, 0.3) is 5.91 Å². The van der Waals surface area contributed by atoms with Crippen LogP contribution in [0.4, 0.5) is 0 Å². The van der Waals surface area contributed by atoms with Gasteiger partial charge in [0.2, 0.25) is 10.0 Å². The van der Waals surface area contributed by atoms with Crippen LogP contribution in [-0.4, -0.2) is 80.9 Å². The molecule has 1 amide bonds. The van der Waals surface area contributed by atoms with Gasteiger partial charge < -0.3 is 9.64 Å². The number of amides is 1. The van der Waals surface area contributed by atoms with Crippen LogP contribution < -0.4 is 0 Å². The molecule has 0 saturated carbocycles. The van der Waals surface area contributed by atoms with Crippen LogP contribution in [-0.2, 0) is 14.8 Å². The number of carbonyl (C=O) groups is 1. The third-order valence-corrected chi connectivity index (χ3v) is 8.82. The lowest BCUT2D eigenvalue weighted by Crippen LogP contribution is -2.49. The number of rotatable bonds is 6. The van der Waals surface area contributed by atoms with E-state index >= 15 is 0 Å². The molecule has 2 fully saturated rings. The van der Waals surface area contributed by atoms with Crippen molar-refractivity contribution in [3.63, 3.8) is 0 Å². The van der Waals surface area contributed by atoms with Crippen LogP contribution in [0.25, 0.3) is 0 Å². The maximum Gasteiger partial charge on any atom is 0.253 e. The van der Waals surface area contributed by atoms with Crippen molar-refractivity contribution in [2.24, 2.45) is 0 Å². The molecule has 0 unspecified atom stereocenters. The molecule has 0 N–H and O–H groups in total. The number of halogens is 1. The topological polar surface area (TPSA) is 70.2 Å². The molecule has 2 aliphatic rings. The van der Waals surface area contributed by atoms with Gasteiger partial charge in [-0.15, -0.1) is 12.4 Å². The van der Waals surface area contributed by atoms with Crippen molar-refractivity contribution in [1.82, 2.24) is 14.1 Å². The number of benzene rings is 3. The van der Waals surface area contributed by atoms with E-state index in [4.69, 9.17) is 4.74 Å². The number of hydrogen-bond donors (Lipinski definition) is 0. The standard InChI is InChI=1S/C28H31N3O4S.ClH/c32-28(25-11-13-26(14-12-25)36(33,34)31-19-21-35-22-20-31)30-17-15-29(16-18-30)27(23-7-3-1-4-8-23)24-9-5-2-6-10-24;/h1-14,27H,15-22H2;1H. The van der Waals surface area contributed by atoms with Crippen LogP contribution >= 0.6 is 12.4 Å². The molecule has 0 bridgehead atoms. The Balaban J connectivity index is 0.00000320. The highest BCUT2D eigenvalue weighted by Gasteiger charge is 2.30. The van der Waals surface area contributed by atoms with E-state index in [0.717, 1.165) is 13.1 Å². The van der Waals surface area contributed by atoms with Crippen molar-refractivity contribution in [2.75, 3.05) is 52.5 Å². The van der Waals surface area contributed by atoms with Crippen molar-refractivity contribution in [3.05, 3.63) is 102 Å². The number of nitrogens with zero attached hydrogens (tertiary/aromatic N) is 3. The van der Waals surface area contributed by atoms with Crippen LogP contribution in [0.2, 0.25) is 0 Å². The molecule has 196 valence electrons. The third-order valence-electron chi connectivity index (χ3n) is 6.91. The van der Waals surface area contributed by atoms with Crippen LogP contribution in [0.15, 0.2) is 89.8 Å². The molecule has 0 aromatic heterocycles. The van der Waals surface area contributed by atoms with Crippen LogP contribution in [0.3, 0.4) is 0 Å². The molecule has 3 aromatic rings. The Labute approximate surface area is 225 Å². The van der Waals surface area contributed by atoms with Gasteiger partial charge in [-0.05, 0) is 35.4 Å². The van der Waals surface area contributed by atoms with E-state index in [9.17, 15) is 13.2 Å². The molecular formula is C28H32ClN3O4S. The second-order valence-corrected chi connectivity index (χ2v) is 11.0. The first-order chi connectivity index (χ1) is 17.5. The summed E-state index contributed by atoms with van der Waals surface area (Å²) in [5, 5.41) is 0. The van der Waals surface area contributed by atoms with Crippen molar-refractivity contribution in [2.45, 2.75) is 10.9 Å². The molecular weight excluding hydrogens is 510 g/mol. The lowest BCUT2D eigenvalue weighted by Gasteiger charge is -2.39. The van der Waals surface area contributed by atoms with Gasteiger partial charge in [-0.2, -0.15) is 4.31 Å². The van der Waals surface area contributed by atoms with Gasteiger partial charge in [0.1, 0.15) is 0 Å². The molecule has 0 atom stereocenters. The van der Waals surface area contributed by atoms with E-state index in [1.54, 1.807) is 12.1 Å². The zero-order chi connectivity index (χ0) is 25.0. The summed E-state index contributed by atoms with van der Waals surface area (Å²) < 4.78 is 32.4. The molecule has 0 radical (unpaired) electrons. The highest BCUT2D eigenvalue weighted by Crippen LogP contribution is 2.29. The summed E-state index contributed by atoms with van der Waals surface area (Å²) in [5.41, 5.74) is 2.98. The monoisotopic (exact) mass is 541 g/mol. The number of sulfonamides is 1. The minimum absolute atomic E-state index is 0. The summed E-state index contributed by atoms with van der Waals surface area (Å²) in [6.45, 7) is 4.23. The van der Waals surface area contributed by atoms with Crippen molar-refractivity contribution >= 4 is 28.3 Å². The lowest BCUT2D eigenvalue weighted by molar-refractivity contribution is 0.0597. The number of carbonyl (C=O) groups excluding carboxylic acids is 1. The SMILES string of the molecule is Cl.O=C(c1ccc(S(=O)(=O)N2CCOCC2)cc1)N1CCN(C(c2ccccc2)c2ccccc2)CC1. The fourth-order valence-electron chi connectivity index (χ4n) is 4.96. The zero-order valence-electron chi connectivity index (χ0n) is 20.6. The van der Waals surface area contributed by atoms with Gasteiger partial charge in [-0.25, -0.2) is 8.42 Å². The first kappa shape index (κ1) is 27.3. The smallest absolute Gasteiger partial charge is 0.253 e. The highest BCUT2D eigenvalue weighted by atomic mass is 35.5. The predicted octanol–water partition coefficient (Wildman–Crippen LogP) is 3.68.